The fourth-order valence-corrected chi connectivity index (χ4v) is 2.82. The van der Waals surface area contributed by atoms with Gasteiger partial charge in [-0.1, -0.05) is 38.5 Å². The summed E-state index contributed by atoms with van der Waals surface area (Å²) < 4.78 is 0. The number of nitrogens with two attached hydrogens (primary N) is 1. The summed E-state index contributed by atoms with van der Waals surface area (Å²) in [6.07, 6.45) is 12.8. The highest BCUT2D eigenvalue weighted by atomic mass is 15.2. The molecule has 2 fully saturated rings. The summed E-state index contributed by atoms with van der Waals surface area (Å²) in [6.45, 7) is 0. The lowest BCUT2D eigenvalue weighted by atomic mass is 9.89. The summed E-state index contributed by atoms with van der Waals surface area (Å²) in [5.41, 5.74) is 3.07. The lowest BCUT2D eigenvalue weighted by molar-refractivity contribution is 0.297. The van der Waals surface area contributed by atoms with E-state index in [0.29, 0.717) is 6.04 Å². The SMILES string of the molecule is NNC(CC1CC1)C1CCCCCC1. The molecule has 0 saturated heterocycles. The largest absolute Gasteiger partial charge is 0.271 e. The van der Waals surface area contributed by atoms with Gasteiger partial charge in [0, 0.05) is 6.04 Å². The summed E-state index contributed by atoms with van der Waals surface area (Å²) in [5.74, 6) is 7.54. The van der Waals surface area contributed by atoms with Crippen molar-refractivity contribution in [2.24, 2.45) is 17.7 Å². The van der Waals surface area contributed by atoms with E-state index in [1.807, 2.05) is 0 Å². The number of hydrogen-bond acceptors (Lipinski definition) is 2. The molecule has 1 atom stereocenters. The van der Waals surface area contributed by atoms with Crippen LogP contribution >= 0.6 is 0 Å². The van der Waals surface area contributed by atoms with Gasteiger partial charge in [-0.15, -0.1) is 0 Å². The summed E-state index contributed by atoms with van der Waals surface area (Å²) in [6, 6.07) is 0.612. The highest BCUT2D eigenvalue weighted by molar-refractivity contribution is 4.84. The molecule has 0 bridgehead atoms. The van der Waals surface area contributed by atoms with E-state index in [4.69, 9.17) is 5.84 Å². The van der Waals surface area contributed by atoms with E-state index in [9.17, 15) is 0 Å². The molecule has 2 heteroatoms. The molecule has 0 aromatic carbocycles. The minimum Gasteiger partial charge on any atom is -0.271 e. The van der Waals surface area contributed by atoms with Crippen molar-refractivity contribution in [3.05, 3.63) is 0 Å². The van der Waals surface area contributed by atoms with Crippen LogP contribution in [0.4, 0.5) is 0 Å². The first-order chi connectivity index (χ1) is 6.90. The first-order valence-electron chi connectivity index (χ1n) is 6.36. The van der Waals surface area contributed by atoms with Crippen molar-refractivity contribution in [1.29, 1.82) is 0 Å². The topological polar surface area (TPSA) is 38.0 Å². The van der Waals surface area contributed by atoms with Gasteiger partial charge in [0.05, 0.1) is 0 Å². The first kappa shape index (κ1) is 10.4. The zero-order chi connectivity index (χ0) is 9.80. The molecule has 1 unspecified atom stereocenters. The predicted molar refractivity (Wildman–Crippen MR) is 59.6 cm³/mol. The monoisotopic (exact) mass is 196 g/mol. The van der Waals surface area contributed by atoms with E-state index in [2.05, 4.69) is 5.43 Å². The van der Waals surface area contributed by atoms with Crippen LogP contribution in [0.15, 0.2) is 0 Å². The highest BCUT2D eigenvalue weighted by Crippen LogP contribution is 2.37. The van der Waals surface area contributed by atoms with Gasteiger partial charge in [-0.05, 0) is 31.1 Å². The third-order valence-corrected chi connectivity index (χ3v) is 3.97. The molecular formula is C12H24N2. The molecule has 2 rings (SSSR count). The van der Waals surface area contributed by atoms with E-state index in [0.717, 1.165) is 11.8 Å². The van der Waals surface area contributed by atoms with Crippen LogP contribution in [0, 0.1) is 11.8 Å². The first-order valence-corrected chi connectivity index (χ1v) is 6.36. The molecule has 0 aliphatic heterocycles. The average molecular weight is 196 g/mol. The smallest absolute Gasteiger partial charge is 0.0241 e. The molecule has 3 N–H and O–H groups in total. The van der Waals surface area contributed by atoms with Crippen molar-refractivity contribution in [1.82, 2.24) is 5.43 Å². The van der Waals surface area contributed by atoms with Crippen molar-refractivity contribution in [2.75, 3.05) is 0 Å². The van der Waals surface area contributed by atoms with E-state index >= 15 is 0 Å². The summed E-state index contributed by atoms with van der Waals surface area (Å²) in [5, 5.41) is 0. The van der Waals surface area contributed by atoms with E-state index in [1.165, 1.54) is 57.8 Å². The van der Waals surface area contributed by atoms with Crippen LogP contribution < -0.4 is 11.3 Å². The van der Waals surface area contributed by atoms with Crippen molar-refractivity contribution in [2.45, 2.75) is 63.8 Å². The molecule has 0 radical (unpaired) electrons. The minimum absolute atomic E-state index is 0.612. The molecule has 2 nitrogen and oxygen atoms in total. The highest BCUT2D eigenvalue weighted by Gasteiger charge is 2.29. The van der Waals surface area contributed by atoms with Gasteiger partial charge in [0.2, 0.25) is 0 Å². The maximum atomic E-state index is 5.68. The molecule has 0 heterocycles. The van der Waals surface area contributed by atoms with Gasteiger partial charge in [-0.25, -0.2) is 0 Å². The van der Waals surface area contributed by atoms with Crippen LogP contribution in [0.1, 0.15) is 57.8 Å². The molecule has 0 aromatic rings. The number of nitrogens with one attached hydrogen (secondary N) is 1. The second kappa shape index (κ2) is 5.13. The van der Waals surface area contributed by atoms with E-state index in [1.54, 1.807) is 0 Å². The van der Waals surface area contributed by atoms with Crippen LogP contribution in [0.25, 0.3) is 0 Å². The molecule has 14 heavy (non-hydrogen) atoms. The quantitative estimate of drug-likeness (QED) is 0.412. The zero-order valence-electron chi connectivity index (χ0n) is 9.17. The Balaban J connectivity index is 1.80. The summed E-state index contributed by atoms with van der Waals surface area (Å²) >= 11 is 0. The fourth-order valence-electron chi connectivity index (χ4n) is 2.82. The Morgan fingerprint density at radius 2 is 1.64 bits per heavy atom. The van der Waals surface area contributed by atoms with E-state index < -0.39 is 0 Å². The predicted octanol–water partition coefficient (Wildman–Crippen LogP) is 2.59. The van der Waals surface area contributed by atoms with Crippen molar-refractivity contribution in [3.8, 4) is 0 Å². The maximum absolute atomic E-state index is 5.68. The Bertz CT molecular complexity index is 158. The molecular weight excluding hydrogens is 172 g/mol. The average Bonchev–Trinajstić information content (AvgIpc) is 3.01. The van der Waals surface area contributed by atoms with Crippen molar-refractivity contribution >= 4 is 0 Å². The molecule has 2 saturated carbocycles. The minimum atomic E-state index is 0.612. The van der Waals surface area contributed by atoms with Crippen molar-refractivity contribution < 1.29 is 0 Å². The van der Waals surface area contributed by atoms with Crippen LogP contribution in [0.5, 0.6) is 0 Å². The van der Waals surface area contributed by atoms with Gasteiger partial charge in [-0.2, -0.15) is 0 Å². The van der Waals surface area contributed by atoms with Gasteiger partial charge < -0.3 is 0 Å². The summed E-state index contributed by atoms with van der Waals surface area (Å²) in [4.78, 5) is 0. The van der Waals surface area contributed by atoms with Gasteiger partial charge in [0.15, 0.2) is 0 Å². The maximum Gasteiger partial charge on any atom is 0.0241 e. The molecule has 0 amide bonds. The Hall–Kier alpha value is -0.0800. The summed E-state index contributed by atoms with van der Waals surface area (Å²) in [7, 11) is 0. The molecule has 82 valence electrons. The number of hydrazine groups is 1. The standard InChI is InChI=1S/C12H24N2/c13-14-12(9-10-7-8-10)11-5-3-1-2-4-6-11/h10-12,14H,1-9,13H2. The normalized spacial score (nSPS) is 27.2. The van der Waals surface area contributed by atoms with Gasteiger partial charge in [0.25, 0.3) is 0 Å². The van der Waals surface area contributed by atoms with Gasteiger partial charge >= 0.3 is 0 Å². The molecule has 0 spiro atoms. The Morgan fingerprint density at radius 1 is 1.00 bits per heavy atom. The van der Waals surface area contributed by atoms with Crippen LogP contribution in [-0.4, -0.2) is 6.04 Å². The molecule has 2 aliphatic rings. The second-order valence-electron chi connectivity index (χ2n) is 5.20. The van der Waals surface area contributed by atoms with Crippen LogP contribution in [-0.2, 0) is 0 Å². The molecule has 2 aliphatic carbocycles. The second-order valence-corrected chi connectivity index (χ2v) is 5.20. The third-order valence-electron chi connectivity index (χ3n) is 3.97. The fraction of sp³-hybridized carbons (Fsp3) is 1.00. The Kier molecular flexibility index (Phi) is 3.82. The molecule has 0 aromatic heterocycles. The van der Waals surface area contributed by atoms with Crippen LogP contribution in [0.2, 0.25) is 0 Å². The Labute approximate surface area is 87.6 Å². The number of rotatable bonds is 4. The number of hydrogen-bond donors (Lipinski definition) is 2. The zero-order valence-corrected chi connectivity index (χ0v) is 9.17. The Morgan fingerprint density at radius 3 is 2.14 bits per heavy atom. The van der Waals surface area contributed by atoms with Gasteiger partial charge in [0.1, 0.15) is 0 Å². The lowest BCUT2D eigenvalue weighted by Crippen LogP contribution is -2.41. The van der Waals surface area contributed by atoms with Crippen molar-refractivity contribution in [3.63, 3.8) is 0 Å². The van der Waals surface area contributed by atoms with Crippen LogP contribution in [0.3, 0.4) is 0 Å². The van der Waals surface area contributed by atoms with Gasteiger partial charge in [-0.3, -0.25) is 11.3 Å². The van der Waals surface area contributed by atoms with E-state index in [-0.39, 0.29) is 0 Å². The lowest BCUT2D eigenvalue weighted by Gasteiger charge is -2.25. The third kappa shape index (κ3) is 2.96.